The molecule has 0 amide bonds. The van der Waals surface area contributed by atoms with Gasteiger partial charge in [0.1, 0.15) is 5.78 Å². The fraction of sp³-hybridized carbons (Fsp3) is 0.667. The first-order valence-electron chi connectivity index (χ1n) is 8.30. The number of carboxylic acids is 1. The molecule has 0 radical (unpaired) electrons. The van der Waals surface area contributed by atoms with E-state index in [-0.39, 0.29) is 18.3 Å². The third-order valence-corrected chi connectivity index (χ3v) is 4.22. The van der Waals surface area contributed by atoms with Gasteiger partial charge in [0.05, 0.1) is 6.10 Å². The highest BCUT2D eigenvalue weighted by molar-refractivity contribution is 5.83. The van der Waals surface area contributed by atoms with Crippen LogP contribution < -0.4 is 0 Å². The number of aliphatic hydroxyl groups excluding tert-OH is 1. The molecule has 0 aromatic heterocycles. The molecule has 0 heterocycles. The molecule has 22 heavy (non-hydrogen) atoms. The molecular formula is C18H28O4. The molecule has 1 fully saturated rings. The average molecular weight is 308 g/mol. The van der Waals surface area contributed by atoms with Crippen LogP contribution in [-0.2, 0) is 9.59 Å². The number of aliphatic hydroxyl groups is 1. The van der Waals surface area contributed by atoms with Gasteiger partial charge in [-0.3, -0.25) is 9.59 Å². The van der Waals surface area contributed by atoms with Crippen LogP contribution in [0.5, 0.6) is 0 Å². The smallest absolute Gasteiger partial charge is 0.303 e. The third kappa shape index (κ3) is 7.03. The third-order valence-electron chi connectivity index (χ3n) is 4.22. The van der Waals surface area contributed by atoms with Crippen molar-refractivity contribution in [1.82, 2.24) is 0 Å². The molecule has 1 rings (SSSR count). The summed E-state index contributed by atoms with van der Waals surface area (Å²) in [6.45, 7) is 1.93. The summed E-state index contributed by atoms with van der Waals surface area (Å²) in [7, 11) is 0. The van der Waals surface area contributed by atoms with Gasteiger partial charge in [0.15, 0.2) is 0 Å². The van der Waals surface area contributed by atoms with Gasteiger partial charge in [-0.1, -0.05) is 31.2 Å². The summed E-state index contributed by atoms with van der Waals surface area (Å²) < 4.78 is 0. The fourth-order valence-corrected chi connectivity index (χ4v) is 2.78. The quantitative estimate of drug-likeness (QED) is 0.478. The number of allylic oxidation sites excluding steroid dienone is 3. The Morgan fingerprint density at radius 2 is 2.14 bits per heavy atom. The highest BCUT2D eigenvalue weighted by atomic mass is 16.4. The normalized spacial score (nSPS) is 23.6. The van der Waals surface area contributed by atoms with E-state index in [1.165, 1.54) is 0 Å². The molecule has 1 aliphatic carbocycles. The molecule has 0 saturated heterocycles. The highest BCUT2D eigenvalue weighted by Gasteiger charge is 2.31. The van der Waals surface area contributed by atoms with Gasteiger partial charge in [0.2, 0.25) is 0 Å². The van der Waals surface area contributed by atoms with Gasteiger partial charge >= 0.3 is 5.97 Å². The minimum absolute atomic E-state index is 0.0376. The number of Topliss-reactive ketones (excluding diaryl/α,β-unsaturated/α-hetero) is 1. The molecule has 0 bridgehead atoms. The molecular weight excluding hydrogens is 280 g/mol. The molecule has 2 N–H and O–H groups in total. The molecule has 0 aromatic rings. The lowest BCUT2D eigenvalue weighted by atomic mass is 9.91. The fourth-order valence-electron chi connectivity index (χ4n) is 2.78. The van der Waals surface area contributed by atoms with Gasteiger partial charge < -0.3 is 10.2 Å². The van der Waals surface area contributed by atoms with Crippen molar-refractivity contribution in [3.05, 3.63) is 24.3 Å². The molecule has 0 aliphatic heterocycles. The van der Waals surface area contributed by atoms with Crippen LogP contribution >= 0.6 is 0 Å². The molecule has 3 unspecified atom stereocenters. The van der Waals surface area contributed by atoms with Crippen LogP contribution in [0.3, 0.4) is 0 Å². The number of hydrogen-bond acceptors (Lipinski definition) is 3. The number of rotatable bonds is 10. The largest absolute Gasteiger partial charge is 0.481 e. The standard InChI is InChI=1S/C18H28O4/c1-2-15(19)12-10-14-11-13-17(20)16(14)8-6-4-3-5-7-9-18(21)22/h4,6,10,12,14-16,19H,2-3,5,7-9,11,13H2,1H3,(H,21,22). The number of carbonyl (C=O) groups is 2. The summed E-state index contributed by atoms with van der Waals surface area (Å²) in [5.41, 5.74) is 0. The van der Waals surface area contributed by atoms with Crippen molar-refractivity contribution in [2.45, 2.75) is 64.4 Å². The van der Waals surface area contributed by atoms with Gasteiger partial charge in [-0.15, -0.1) is 0 Å². The Morgan fingerprint density at radius 1 is 1.36 bits per heavy atom. The van der Waals surface area contributed by atoms with Crippen molar-refractivity contribution in [3.8, 4) is 0 Å². The van der Waals surface area contributed by atoms with Crippen LogP contribution in [0.4, 0.5) is 0 Å². The zero-order valence-corrected chi connectivity index (χ0v) is 13.4. The lowest BCUT2D eigenvalue weighted by molar-refractivity contribution is -0.137. The first kappa shape index (κ1) is 18.6. The summed E-state index contributed by atoms with van der Waals surface area (Å²) in [6.07, 6.45) is 13.1. The van der Waals surface area contributed by atoms with Gasteiger partial charge in [0, 0.05) is 18.8 Å². The Hall–Kier alpha value is -1.42. The van der Waals surface area contributed by atoms with Gasteiger partial charge in [0.25, 0.3) is 0 Å². The maximum absolute atomic E-state index is 11.9. The minimum atomic E-state index is -0.746. The maximum Gasteiger partial charge on any atom is 0.303 e. The predicted molar refractivity (Wildman–Crippen MR) is 86.5 cm³/mol. The monoisotopic (exact) mass is 308 g/mol. The Kier molecular flexibility index (Phi) is 8.75. The lowest BCUT2D eigenvalue weighted by Crippen LogP contribution is -2.13. The Balaban J connectivity index is 2.33. The van der Waals surface area contributed by atoms with E-state index in [1.807, 2.05) is 25.2 Å². The molecule has 4 heteroatoms. The van der Waals surface area contributed by atoms with Crippen LogP contribution in [0.15, 0.2) is 24.3 Å². The summed E-state index contributed by atoms with van der Waals surface area (Å²) >= 11 is 0. The van der Waals surface area contributed by atoms with Crippen molar-refractivity contribution in [2.24, 2.45) is 11.8 Å². The van der Waals surface area contributed by atoms with Crippen molar-refractivity contribution in [3.63, 3.8) is 0 Å². The van der Waals surface area contributed by atoms with Crippen molar-refractivity contribution in [1.29, 1.82) is 0 Å². The van der Waals surface area contributed by atoms with E-state index in [0.717, 1.165) is 25.7 Å². The Labute approximate surface area is 132 Å². The highest BCUT2D eigenvalue weighted by Crippen LogP contribution is 2.32. The number of aliphatic carboxylic acids is 1. The Morgan fingerprint density at radius 3 is 2.82 bits per heavy atom. The van der Waals surface area contributed by atoms with Gasteiger partial charge in [-0.05, 0) is 44.4 Å². The summed E-state index contributed by atoms with van der Waals surface area (Å²) in [5, 5.41) is 18.1. The van der Waals surface area contributed by atoms with E-state index in [4.69, 9.17) is 5.11 Å². The SMILES string of the molecule is CCC(O)C=CC1CCC(=O)C1CC=CCCCCC(=O)O. The summed E-state index contributed by atoms with van der Waals surface area (Å²) in [4.78, 5) is 22.3. The topological polar surface area (TPSA) is 74.6 Å². The van der Waals surface area contributed by atoms with Crippen LogP contribution in [0.25, 0.3) is 0 Å². The van der Waals surface area contributed by atoms with Gasteiger partial charge in [-0.25, -0.2) is 0 Å². The molecule has 124 valence electrons. The molecule has 0 spiro atoms. The number of carboxylic acid groups (broad SMARTS) is 1. The number of unbranched alkanes of at least 4 members (excludes halogenated alkanes) is 2. The molecule has 4 nitrogen and oxygen atoms in total. The molecule has 1 aliphatic rings. The van der Waals surface area contributed by atoms with E-state index in [0.29, 0.717) is 25.0 Å². The second kappa shape index (κ2) is 10.3. The van der Waals surface area contributed by atoms with E-state index < -0.39 is 12.1 Å². The van der Waals surface area contributed by atoms with Crippen molar-refractivity contribution < 1.29 is 19.8 Å². The van der Waals surface area contributed by atoms with E-state index in [1.54, 1.807) is 0 Å². The minimum Gasteiger partial charge on any atom is -0.481 e. The van der Waals surface area contributed by atoms with E-state index in [2.05, 4.69) is 6.08 Å². The van der Waals surface area contributed by atoms with E-state index >= 15 is 0 Å². The Bertz CT molecular complexity index is 411. The van der Waals surface area contributed by atoms with Crippen LogP contribution in [-0.4, -0.2) is 28.1 Å². The maximum atomic E-state index is 11.9. The number of ketones is 1. The average Bonchev–Trinajstić information content (AvgIpc) is 2.84. The number of hydrogen-bond donors (Lipinski definition) is 2. The lowest BCUT2D eigenvalue weighted by Gasteiger charge is -2.13. The molecule has 1 saturated carbocycles. The first-order valence-corrected chi connectivity index (χ1v) is 8.30. The van der Waals surface area contributed by atoms with Crippen LogP contribution in [0.2, 0.25) is 0 Å². The van der Waals surface area contributed by atoms with Crippen molar-refractivity contribution >= 4 is 11.8 Å². The molecule has 3 atom stereocenters. The van der Waals surface area contributed by atoms with Crippen LogP contribution in [0.1, 0.15) is 58.3 Å². The zero-order chi connectivity index (χ0) is 16.4. The zero-order valence-electron chi connectivity index (χ0n) is 13.4. The molecule has 0 aromatic carbocycles. The second-order valence-electron chi connectivity index (χ2n) is 5.98. The predicted octanol–water partition coefficient (Wildman–Crippen LogP) is 3.50. The van der Waals surface area contributed by atoms with Gasteiger partial charge in [-0.2, -0.15) is 0 Å². The first-order chi connectivity index (χ1) is 10.5. The second-order valence-corrected chi connectivity index (χ2v) is 5.98. The van der Waals surface area contributed by atoms with Crippen LogP contribution in [0, 0.1) is 11.8 Å². The number of carbonyl (C=O) groups excluding carboxylic acids is 1. The van der Waals surface area contributed by atoms with E-state index in [9.17, 15) is 14.7 Å². The summed E-state index contributed by atoms with van der Waals surface area (Å²) in [6, 6.07) is 0. The van der Waals surface area contributed by atoms with Crippen molar-refractivity contribution in [2.75, 3.05) is 0 Å². The summed E-state index contributed by atoms with van der Waals surface area (Å²) in [5.74, 6) is -0.151.